The Morgan fingerprint density at radius 1 is 0.727 bits per heavy atom. The van der Waals surface area contributed by atoms with E-state index in [1.807, 2.05) is 48.5 Å². The van der Waals surface area contributed by atoms with E-state index >= 15 is 0 Å². The lowest BCUT2D eigenvalue weighted by atomic mass is 9.94. The lowest BCUT2D eigenvalue weighted by molar-refractivity contribution is -0.146. The Morgan fingerprint density at radius 3 is 1.80 bits per heavy atom. The van der Waals surface area contributed by atoms with Crippen molar-refractivity contribution >= 4 is 35.1 Å². The van der Waals surface area contributed by atoms with Crippen LogP contribution in [0, 0.1) is 0 Å². The molecular weight excluding hydrogens is 597 g/mol. The molecule has 238 valence electrons. The predicted octanol–water partition coefficient (Wildman–Crippen LogP) is 9.55. The highest BCUT2D eigenvalue weighted by molar-refractivity contribution is 6.31. The lowest BCUT2D eigenvalue weighted by Gasteiger charge is -2.19. The zero-order valence-corrected chi connectivity index (χ0v) is 27.5. The van der Waals surface area contributed by atoms with E-state index in [0.717, 1.165) is 24.0 Å². The summed E-state index contributed by atoms with van der Waals surface area (Å²) in [5.41, 5.74) is 3.53. The number of benzene rings is 3. The van der Waals surface area contributed by atoms with Gasteiger partial charge >= 0.3 is 5.97 Å². The SMILES string of the molecule is CCCCCCCCCCCCNC(=O)c1cc(-c2cccc(Cl)c2)c(OCCOCC(=O)OC)c(-c2cccc(Cl)c2)c1. The molecule has 0 aromatic heterocycles. The number of amides is 1. The molecule has 0 atom stereocenters. The van der Waals surface area contributed by atoms with Gasteiger partial charge in [-0.25, -0.2) is 4.79 Å². The van der Waals surface area contributed by atoms with Crippen LogP contribution in [0.5, 0.6) is 5.75 Å². The number of esters is 1. The van der Waals surface area contributed by atoms with Crippen molar-refractivity contribution in [3.05, 3.63) is 76.3 Å². The van der Waals surface area contributed by atoms with Gasteiger partial charge in [0.15, 0.2) is 0 Å². The molecule has 44 heavy (non-hydrogen) atoms. The minimum atomic E-state index is -0.461. The Kier molecular flexibility index (Phi) is 16.2. The molecule has 3 rings (SSSR count). The van der Waals surface area contributed by atoms with Crippen molar-refractivity contribution in [1.82, 2.24) is 5.32 Å². The van der Waals surface area contributed by atoms with Gasteiger partial charge < -0.3 is 19.5 Å². The summed E-state index contributed by atoms with van der Waals surface area (Å²) in [6, 6.07) is 18.5. The molecule has 3 aromatic carbocycles. The fraction of sp³-hybridized carbons (Fsp3) is 0.444. The largest absolute Gasteiger partial charge is 0.490 e. The Labute approximate surface area is 272 Å². The molecule has 0 aliphatic heterocycles. The number of nitrogens with one attached hydrogen (secondary N) is 1. The fourth-order valence-corrected chi connectivity index (χ4v) is 5.37. The first kappa shape index (κ1) is 35.4. The number of hydrogen-bond donors (Lipinski definition) is 1. The van der Waals surface area contributed by atoms with Gasteiger partial charge in [-0.2, -0.15) is 0 Å². The quantitative estimate of drug-likeness (QED) is 0.0982. The average Bonchev–Trinajstić information content (AvgIpc) is 3.03. The van der Waals surface area contributed by atoms with Crippen molar-refractivity contribution in [2.45, 2.75) is 71.1 Å². The summed E-state index contributed by atoms with van der Waals surface area (Å²) in [4.78, 5) is 24.9. The molecular formula is C36H45Cl2NO5. The molecule has 0 aliphatic rings. The summed E-state index contributed by atoms with van der Waals surface area (Å²) < 4.78 is 16.3. The number of carbonyl (C=O) groups excluding carboxylic acids is 2. The molecule has 3 aromatic rings. The van der Waals surface area contributed by atoms with E-state index in [2.05, 4.69) is 17.0 Å². The van der Waals surface area contributed by atoms with Crippen LogP contribution in [0.25, 0.3) is 22.3 Å². The number of unbranched alkanes of at least 4 members (excludes halogenated alkanes) is 9. The van der Waals surface area contributed by atoms with E-state index in [-0.39, 0.29) is 25.7 Å². The number of methoxy groups -OCH3 is 1. The van der Waals surface area contributed by atoms with E-state index in [1.165, 1.54) is 58.5 Å². The summed E-state index contributed by atoms with van der Waals surface area (Å²) >= 11 is 12.7. The maximum absolute atomic E-state index is 13.4. The first-order valence-electron chi connectivity index (χ1n) is 15.7. The topological polar surface area (TPSA) is 73.9 Å². The molecule has 0 aliphatic carbocycles. The molecule has 0 spiro atoms. The minimum Gasteiger partial charge on any atom is -0.490 e. The number of rotatable bonds is 20. The maximum Gasteiger partial charge on any atom is 0.331 e. The highest BCUT2D eigenvalue weighted by Crippen LogP contribution is 2.41. The monoisotopic (exact) mass is 641 g/mol. The van der Waals surface area contributed by atoms with E-state index in [1.54, 1.807) is 12.1 Å². The molecule has 6 nitrogen and oxygen atoms in total. The van der Waals surface area contributed by atoms with E-state index in [0.29, 0.717) is 39.0 Å². The zero-order chi connectivity index (χ0) is 31.6. The van der Waals surface area contributed by atoms with Crippen molar-refractivity contribution in [1.29, 1.82) is 0 Å². The smallest absolute Gasteiger partial charge is 0.331 e. The fourth-order valence-electron chi connectivity index (χ4n) is 4.99. The lowest BCUT2D eigenvalue weighted by Crippen LogP contribution is -2.24. The second-order valence-electron chi connectivity index (χ2n) is 10.8. The Hall–Kier alpha value is -3.06. The predicted molar refractivity (Wildman–Crippen MR) is 180 cm³/mol. The highest BCUT2D eigenvalue weighted by Gasteiger charge is 2.19. The Balaban J connectivity index is 1.77. The molecule has 0 heterocycles. The first-order chi connectivity index (χ1) is 21.4. The minimum absolute atomic E-state index is 0.152. The molecule has 0 saturated heterocycles. The van der Waals surface area contributed by atoms with Crippen molar-refractivity contribution < 1.29 is 23.8 Å². The van der Waals surface area contributed by atoms with Crippen LogP contribution in [-0.2, 0) is 14.3 Å². The van der Waals surface area contributed by atoms with Crippen LogP contribution in [0.2, 0.25) is 10.0 Å². The van der Waals surface area contributed by atoms with Crippen LogP contribution < -0.4 is 10.1 Å². The van der Waals surface area contributed by atoms with Gasteiger partial charge in [-0.1, -0.05) is 112 Å². The summed E-state index contributed by atoms with van der Waals surface area (Å²) in [6.45, 7) is 3.03. The van der Waals surface area contributed by atoms with E-state index in [9.17, 15) is 9.59 Å². The number of halogens is 2. The van der Waals surface area contributed by atoms with Crippen LogP contribution in [0.15, 0.2) is 60.7 Å². The second-order valence-corrected chi connectivity index (χ2v) is 11.7. The van der Waals surface area contributed by atoms with Gasteiger partial charge in [0.05, 0.1) is 13.7 Å². The number of hydrogen-bond acceptors (Lipinski definition) is 5. The summed E-state index contributed by atoms with van der Waals surface area (Å²) in [5, 5.41) is 4.23. The standard InChI is InChI=1S/C36H45Cl2NO5/c1-3-4-5-6-7-8-9-10-11-12-19-39-36(41)29-24-32(27-15-13-17-30(37)22-27)35(44-21-20-43-26-34(40)42-2)33(25-29)28-16-14-18-31(38)23-28/h13-18,22-25H,3-12,19-21,26H2,1-2H3,(H,39,41). The molecule has 1 N–H and O–H groups in total. The van der Waals surface area contributed by atoms with Crippen LogP contribution in [-0.4, -0.2) is 45.4 Å². The van der Waals surface area contributed by atoms with Crippen molar-refractivity contribution in [2.24, 2.45) is 0 Å². The zero-order valence-electron chi connectivity index (χ0n) is 26.0. The van der Waals surface area contributed by atoms with Gasteiger partial charge in [-0.05, 0) is 53.9 Å². The van der Waals surface area contributed by atoms with Crippen LogP contribution in [0.3, 0.4) is 0 Å². The average molecular weight is 643 g/mol. The highest BCUT2D eigenvalue weighted by atomic mass is 35.5. The molecule has 0 radical (unpaired) electrons. The van der Waals surface area contributed by atoms with Gasteiger partial charge in [-0.15, -0.1) is 0 Å². The second kappa shape index (κ2) is 20.1. The third kappa shape index (κ3) is 12.1. The summed E-state index contributed by atoms with van der Waals surface area (Å²) in [6.07, 6.45) is 12.4. The maximum atomic E-state index is 13.4. The molecule has 8 heteroatoms. The van der Waals surface area contributed by atoms with Crippen molar-refractivity contribution in [3.8, 4) is 28.0 Å². The van der Waals surface area contributed by atoms with Gasteiger partial charge in [-0.3, -0.25) is 4.79 Å². The van der Waals surface area contributed by atoms with Crippen LogP contribution in [0.1, 0.15) is 81.5 Å². The Bertz CT molecular complexity index is 1260. The van der Waals surface area contributed by atoms with E-state index < -0.39 is 5.97 Å². The first-order valence-corrected chi connectivity index (χ1v) is 16.4. The third-order valence-electron chi connectivity index (χ3n) is 7.36. The normalized spacial score (nSPS) is 10.9. The van der Waals surface area contributed by atoms with Gasteiger partial charge in [0.2, 0.25) is 0 Å². The summed E-state index contributed by atoms with van der Waals surface area (Å²) in [7, 11) is 1.31. The van der Waals surface area contributed by atoms with Crippen LogP contribution in [0.4, 0.5) is 0 Å². The molecule has 0 bridgehead atoms. The van der Waals surface area contributed by atoms with Crippen LogP contribution >= 0.6 is 23.2 Å². The number of ether oxygens (including phenoxy) is 3. The molecule has 0 saturated carbocycles. The third-order valence-corrected chi connectivity index (χ3v) is 7.83. The van der Waals surface area contributed by atoms with E-state index in [4.69, 9.17) is 32.7 Å². The van der Waals surface area contributed by atoms with Crippen molar-refractivity contribution in [3.63, 3.8) is 0 Å². The van der Waals surface area contributed by atoms with Gasteiger partial charge in [0.25, 0.3) is 5.91 Å². The van der Waals surface area contributed by atoms with Crippen molar-refractivity contribution in [2.75, 3.05) is 33.5 Å². The molecule has 1 amide bonds. The van der Waals surface area contributed by atoms with Gasteiger partial charge in [0.1, 0.15) is 19.0 Å². The molecule has 0 unspecified atom stereocenters. The molecule has 0 fully saturated rings. The Morgan fingerprint density at radius 2 is 1.27 bits per heavy atom. The number of carbonyl (C=O) groups is 2. The van der Waals surface area contributed by atoms with Gasteiger partial charge in [0, 0.05) is 33.3 Å². The summed E-state index contributed by atoms with van der Waals surface area (Å²) in [5.74, 6) is -0.0553.